The number of carbonyl (C=O) groups excluding carboxylic acids is 1. The summed E-state index contributed by atoms with van der Waals surface area (Å²) in [5.74, 6) is 0.189. The summed E-state index contributed by atoms with van der Waals surface area (Å²) in [5, 5.41) is 22.9. The van der Waals surface area contributed by atoms with Gasteiger partial charge in [0, 0.05) is 24.2 Å². The third kappa shape index (κ3) is 3.25. The van der Waals surface area contributed by atoms with E-state index in [4.69, 9.17) is 4.74 Å². The highest BCUT2D eigenvalue weighted by Gasteiger charge is 2.60. The molecule has 1 saturated carbocycles. The van der Waals surface area contributed by atoms with E-state index in [-0.39, 0.29) is 35.1 Å². The van der Waals surface area contributed by atoms with Crippen molar-refractivity contribution in [2.45, 2.75) is 51.7 Å². The molecule has 0 unspecified atom stereocenters. The maximum atomic E-state index is 12.6. The van der Waals surface area contributed by atoms with Crippen molar-refractivity contribution in [2.24, 2.45) is 23.2 Å². The monoisotopic (exact) mass is 386 g/mol. The Balaban J connectivity index is 1.41. The van der Waals surface area contributed by atoms with Gasteiger partial charge in [-0.3, -0.25) is 4.79 Å². The predicted octanol–water partition coefficient (Wildman–Crippen LogP) is 1.78. The number of fused-ring (bicyclic) bond motifs is 2. The zero-order valence-electron chi connectivity index (χ0n) is 16.8. The Bertz CT molecular complexity index is 758. The van der Waals surface area contributed by atoms with Crippen molar-refractivity contribution >= 4 is 5.97 Å². The third-order valence-electron chi connectivity index (χ3n) is 7.56. The molecule has 152 valence electrons. The topological polar surface area (TPSA) is 83.4 Å². The summed E-state index contributed by atoms with van der Waals surface area (Å²) in [4.78, 5) is 12.6. The minimum atomic E-state index is -0.533. The molecular formula is C23H32NO4+. The Labute approximate surface area is 166 Å². The Morgan fingerprint density at radius 2 is 2.04 bits per heavy atom. The highest BCUT2D eigenvalue weighted by molar-refractivity contribution is 5.76. The molecule has 1 aliphatic heterocycles. The smallest absolute Gasteiger partial charge is 0.315 e. The molecule has 0 amide bonds. The zero-order valence-corrected chi connectivity index (χ0v) is 16.8. The molecule has 0 bridgehead atoms. The number of ether oxygens (including phenoxy) is 1. The van der Waals surface area contributed by atoms with E-state index in [1.54, 1.807) is 12.1 Å². The Morgan fingerprint density at radius 3 is 2.79 bits per heavy atom. The molecule has 28 heavy (non-hydrogen) atoms. The molecular weight excluding hydrogens is 354 g/mol. The van der Waals surface area contributed by atoms with Gasteiger partial charge in [-0.1, -0.05) is 37.6 Å². The number of phenols is 1. The normalized spacial score (nSPS) is 37.0. The van der Waals surface area contributed by atoms with Crippen LogP contribution in [-0.4, -0.2) is 41.5 Å². The van der Waals surface area contributed by atoms with Crippen molar-refractivity contribution < 1.29 is 25.1 Å². The van der Waals surface area contributed by atoms with Crippen molar-refractivity contribution in [3.05, 3.63) is 41.5 Å². The van der Waals surface area contributed by atoms with Crippen molar-refractivity contribution in [3.8, 4) is 5.75 Å². The standard InChI is InChI=1S/C23H31NO4/c1-14-4-3-5-16-12-19-20(21(26)23(14,16)2)18(22(27)28-19)13-24-11-10-15-6-8-17(25)9-7-15/h5-9,14,18-21,24-26H,3-4,10-13H2,1-2H3/p+1/t14-,18+,19-,20-,21-,23-/m1/s1. The van der Waals surface area contributed by atoms with E-state index in [1.807, 2.05) is 12.1 Å². The maximum Gasteiger partial charge on any atom is 0.315 e. The van der Waals surface area contributed by atoms with Gasteiger partial charge in [0.2, 0.25) is 0 Å². The Morgan fingerprint density at radius 1 is 1.29 bits per heavy atom. The number of rotatable bonds is 5. The van der Waals surface area contributed by atoms with Crippen LogP contribution in [0.5, 0.6) is 5.75 Å². The van der Waals surface area contributed by atoms with Gasteiger partial charge in [0.15, 0.2) is 0 Å². The number of quaternary nitrogens is 1. The summed E-state index contributed by atoms with van der Waals surface area (Å²) >= 11 is 0. The number of aliphatic hydroxyl groups excluding tert-OH is 1. The van der Waals surface area contributed by atoms with Crippen molar-refractivity contribution in [1.82, 2.24) is 0 Å². The van der Waals surface area contributed by atoms with Crippen LogP contribution in [0.1, 0.15) is 38.7 Å². The molecule has 4 rings (SSSR count). The lowest BCUT2D eigenvalue weighted by molar-refractivity contribution is -0.659. The molecule has 6 atom stereocenters. The molecule has 0 aromatic heterocycles. The SMILES string of the molecule is C[C@@H]1CCC=C2C[C@H]3OC(=O)[C@@H](C[NH2+]CCc4ccc(O)cc4)[C@H]3[C@@H](O)[C@@]21C. The molecule has 0 spiro atoms. The van der Waals surface area contributed by atoms with E-state index in [2.05, 4.69) is 25.2 Å². The molecule has 5 nitrogen and oxygen atoms in total. The molecule has 5 heteroatoms. The van der Waals surface area contributed by atoms with Crippen molar-refractivity contribution in [3.63, 3.8) is 0 Å². The molecule has 0 radical (unpaired) electrons. The first-order valence-electron chi connectivity index (χ1n) is 10.6. The summed E-state index contributed by atoms with van der Waals surface area (Å²) < 4.78 is 5.72. The second kappa shape index (κ2) is 7.53. The average molecular weight is 387 g/mol. The number of esters is 1. The van der Waals surface area contributed by atoms with Crippen LogP contribution >= 0.6 is 0 Å². The number of allylic oxidation sites excluding steroid dienone is 1. The van der Waals surface area contributed by atoms with Crippen LogP contribution in [-0.2, 0) is 16.0 Å². The molecule has 2 aliphatic carbocycles. The highest BCUT2D eigenvalue weighted by Crippen LogP contribution is 2.55. The van der Waals surface area contributed by atoms with Crippen LogP contribution in [0.15, 0.2) is 35.9 Å². The summed E-state index contributed by atoms with van der Waals surface area (Å²) in [7, 11) is 0. The first-order chi connectivity index (χ1) is 13.4. The van der Waals surface area contributed by atoms with Gasteiger partial charge >= 0.3 is 5.97 Å². The molecule has 2 fully saturated rings. The van der Waals surface area contributed by atoms with E-state index in [0.717, 1.165) is 37.8 Å². The van der Waals surface area contributed by atoms with Crippen molar-refractivity contribution in [2.75, 3.05) is 13.1 Å². The second-order valence-electron chi connectivity index (χ2n) is 9.03. The van der Waals surface area contributed by atoms with Crippen LogP contribution in [0.4, 0.5) is 0 Å². The fraction of sp³-hybridized carbons (Fsp3) is 0.609. The number of hydrogen-bond acceptors (Lipinski definition) is 4. The van der Waals surface area contributed by atoms with Crippen LogP contribution in [0, 0.1) is 23.2 Å². The molecule has 1 aromatic carbocycles. The van der Waals surface area contributed by atoms with Crippen LogP contribution in [0.2, 0.25) is 0 Å². The number of nitrogens with two attached hydrogens (primary N) is 1. The van der Waals surface area contributed by atoms with Crippen LogP contribution < -0.4 is 5.32 Å². The molecule has 1 saturated heterocycles. The number of hydrogen-bond donors (Lipinski definition) is 3. The van der Waals surface area contributed by atoms with Gasteiger partial charge in [-0.25, -0.2) is 0 Å². The Kier molecular flexibility index (Phi) is 5.23. The van der Waals surface area contributed by atoms with E-state index in [1.165, 1.54) is 5.57 Å². The largest absolute Gasteiger partial charge is 0.508 e. The molecule has 4 N–H and O–H groups in total. The highest BCUT2D eigenvalue weighted by atomic mass is 16.6. The number of phenolic OH excluding ortho intramolecular Hbond substituents is 1. The summed E-state index contributed by atoms with van der Waals surface area (Å²) in [6.07, 6.45) is 5.35. The lowest BCUT2D eigenvalue weighted by Gasteiger charge is -2.51. The first-order valence-corrected chi connectivity index (χ1v) is 10.6. The maximum absolute atomic E-state index is 12.6. The van der Waals surface area contributed by atoms with Gasteiger partial charge in [0.05, 0.1) is 19.2 Å². The second-order valence-corrected chi connectivity index (χ2v) is 9.03. The van der Waals surface area contributed by atoms with Gasteiger partial charge < -0.3 is 20.3 Å². The van der Waals surface area contributed by atoms with E-state index in [9.17, 15) is 15.0 Å². The van der Waals surface area contributed by atoms with Gasteiger partial charge in [0.25, 0.3) is 0 Å². The molecule has 1 aromatic rings. The number of benzene rings is 1. The summed E-state index contributed by atoms with van der Waals surface area (Å²) in [6.45, 7) is 5.92. The number of aliphatic hydroxyl groups is 1. The van der Waals surface area contributed by atoms with E-state index in [0.29, 0.717) is 12.5 Å². The molecule has 1 heterocycles. The lowest BCUT2D eigenvalue weighted by atomic mass is 9.55. The number of carbonyl (C=O) groups is 1. The molecule has 3 aliphatic rings. The minimum Gasteiger partial charge on any atom is -0.508 e. The Hall–Kier alpha value is -1.85. The van der Waals surface area contributed by atoms with Crippen LogP contribution in [0.3, 0.4) is 0 Å². The first kappa shape index (κ1) is 19.5. The predicted molar refractivity (Wildman–Crippen MR) is 106 cm³/mol. The van der Waals surface area contributed by atoms with Crippen molar-refractivity contribution in [1.29, 1.82) is 0 Å². The zero-order chi connectivity index (χ0) is 19.9. The van der Waals surface area contributed by atoms with Gasteiger partial charge in [-0.15, -0.1) is 0 Å². The third-order valence-corrected chi connectivity index (χ3v) is 7.56. The van der Waals surface area contributed by atoms with Gasteiger partial charge in [0.1, 0.15) is 17.8 Å². The van der Waals surface area contributed by atoms with E-state index >= 15 is 0 Å². The van der Waals surface area contributed by atoms with Gasteiger partial charge in [-0.2, -0.15) is 0 Å². The lowest BCUT2D eigenvalue weighted by Crippen LogP contribution is -2.86. The fourth-order valence-electron chi connectivity index (χ4n) is 5.56. The van der Waals surface area contributed by atoms with E-state index < -0.39 is 6.10 Å². The quantitative estimate of drug-likeness (QED) is 0.409. The minimum absolute atomic E-state index is 0.111. The summed E-state index contributed by atoms with van der Waals surface area (Å²) in [6, 6.07) is 7.24. The number of aromatic hydroxyl groups is 1. The van der Waals surface area contributed by atoms with Crippen LogP contribution in [0.25, 0.3) is 0 Å². The summed E-state index contributed by atoms with van der Waals surface area (Å²) in [5.41, 5.74) is 2.21. The van der Waals surface area contributed by atoms with Gasteiger partial charge in [-0.05, 0) is 36.5 Å². The average Bonchev–Trinajstić information content (AvgIpc) is 2.98. The fourth-order valence-corrected chi connectivity index (χ4v) is 5.56.